The van der Waals surface area contributed by atoms with Gasteiger partial charge in [-0.15, -0.1) is 0 Å². The molecule has 29 heavy (non-hydrogen) atoms. The highest BCUT2D eigenvalue weighted by molar-refractivity contribution is 6.30. The Labute approximate surface area is 175 Å². The van der Waals surface area contributed by atoms with E-state index in [0.717, 1.165) is 22.6 Å². The second kappa shape index (κ2) is 9.85. The molecule has 3 aromatic rings. The number of urea groups is 1. The second-order valence-corrected chi connectivity index (χ2v) is 6.93. The average Bonchev–Trinajstić information content (AvgIpc) is 2.76. The molecule has 0 fully saturated rings. The summed E-state index contributed by atoms with van der Waals surface area (Å²) in [4.78, 5) is 14.7. The van der Waals surface area contributed by atoms with Gasteiger partial charge in [-0.3, -0.25) is 0 Å². The summed E-state index contributed by atoms with van der Waals surface area (Å²) in [6, 6.07) is 22.2. The predicted molar refractivity (Wildman–Crippen MR) is 116 cm³/mol. The number of nitrogens with one attached hydrogen (secondary N) is 1. The van der Waals surface area contributed by atoms with Crippen molar-refractivity contribution in [3.63, 3.8) is 0 Å². The Balaban J connectivity index is 1.78. The summed E-state index contributed by atoms with van der Waals surface area (Å²) < 4.78 is 10.4. The SMILES string of the molecule is COc1ccc(CN(Cc2ccc(OC)cc2)C(=O)Nc2ccc(Cl)cc2)cc1. The first-order valence-corrected chi connectivity index (χ1v) is 9.52. The first-order valence-electron chi connectivity index (χ1n) is 9.15. The van der Waals surface area contributed by atoms with Crippen LogP contribution in [0.2, 0.25) is 5.02 Å². The van der Waals surface area contributed by atoms with Crippen molar-refractivity contribution < 1.29 is 14.3 Å². The highest BCUT2D eigenvalue weighted by Gasteiger charge is 2.15. The minimum absolute atomic E-state index is 0.195. The van der Waals surface area contributed by atoms with Gasteiger partial charge < -0.3 is 19.7 Å². The zero-order valence-electron chi connectivity index (χ0n) is 16.4. The van der Waals surface area contributed by atoms with Crippen LogP contribution in [0.15, 0.2) is 72.8 Å². The van der Waals surface area contributed by atoms with E-state index in [-0.39, 0.29) is 6.03 Å². The van der Waals surface area contributed by atoms with Crippen molar-refractivity contribution in [3.8, 4) is 11.5 Å². The van der Waals surface area contributed by atoms with E-state index in [1.165, 1.54) is 0 Å². The molecule has 0 heterocycles. The predicted octanol–water partition coefficient (Wildman–Crippen LogP) is 5.59. The fraction of sp³-hybridized carbons (Fsp3) is 0.174. The summed E-state index contributed by atoms with van der Waals surface area (Å²) in [6.45, 7) is 0.908. The van der Waals surface area contributed by atoms with Crippen LogP contribution in [0.3, 0.4) is 0 Å². The maximum Gasteiger partial charge on any atom is 0.322 e. The largest absolute Gasteiger partial charge is 0.497 e. The molecule has 1 N–H and O–H groups in total. The van der Waals surface area contributed by atoms with Gasteiger partial charge in [-0.05, 0) is 59.7 Å². The van der Waals surface area contributed by atoms with Crippen molar-refractivity contribution in [2.24, 2.45) is 0 Å². The molecule has 0 saturated carbocycles. The fourth-order valence-corrected chi connectivity index (χ4v) is 2.96. The van der Waals surface area contributed by atoms with Crippen LogP contribution in [0.1, 0.15) is 11.1 Å². The Bertz CT molecular complexity index is 876. The summed E-state index contributed by atoms with van der Waals surface area (Å²) in [7, 11) is 3.26. The number of carbonyl (C=O) groups is 1. The van der Waals surface area contributed by atoms with Gasteiger partial charge in [0, 0.05) is 23.8 Å². The van der Waals surface area contributed by atoms with Crippen LogP contribution in [-0.2, 0) is 13.1 Å². The molecule has 0 atom stereocenters. The topological polar surface area (TPSA) is 50.8 Å². The minimum atomic E-state index is -0.195. The number of rotatable bonds is 7. The van der Waals surface area contributed by atoms with E-state index in [2.05, 4.69) is 5.32 Å². The molecule has 5 nitrogen and oxygen atoms in total. The molecule has 0 aromatic heterocycles. The van der Waals surface area contributed by atoms with Crippen LogP contribution >= 0.6 is 11.6 Å². The van der Waals surface area contributed by atoms with Crippen LogP contribution in [0.25, 0.3) is 0 Å². The van der Waals surface area contributed by atoms with Gasteiger partial charge in [-0.1, -0.05) is 35.9 Å². The molecule has 0 saturated heterocycles. The number of amides is 2. The van der Waals surface area contributed by atoms with Crippen LogP contribution in [0, 0.1) is 0 Å². The Kier molecular flexibility index (Phi) is 6.98. The standard InChI is InChI=1S/C23H23ClN2O3/c1-28-21-11-3-17(4-12-21)15-26(16-18-5-13-22(29-2)14-6-18)23(27)25-20-9-7-19(24)8-10-20/h3-14H,15-16H2,1-2H3,(H,25,27). The number of anilines is 1. The summed E-state index contributed by atoms with van der Waals surface area (Å²) in [5, 5.41) is 3.56. The molecule has 0 bridgehead atoms. The third kappa shape index (κ3) is 5.90. The van der Waals surface area contributed by atoms with Gasteiger partial charge in [0.25, 0.3) is 0 Å². The van der Waals surface area contributed by atoms with Crippen LogP contribution < -0.4 is 14.8 Å². The Morgan fingerprint density at radius 3 is 1.66 bits per heavy atom. The number of hydrogen-bond acceptors (Lipinski definition) is 3. The van der Waals surface area contributed by atoms with Crippen molar-refractivity contribution >= 4 is 23.3 Å². The lowest BCUT2D eigenvalue weighted by molar-refractivity contribution is 0.206. The van der Waals surface area contributed by atoms with Gasteiger partial charge in [0.1, 0.15) is 11.5 Å². The van der Waals surface area contributed by atoms with Gasteiger partial charge in [-0.2, -0.15) is 0 Å². The number of hydrogen-bond donors (Lipinski definition) is 1. The van der Waals surface area contributed by atoms with E-state index >= 15 is 0 Å². The van der Waals surface area contributed by atoms with Gasteiger partial charge in [0.2, 0.25) is 0 Å². The summed E-state index contributed by atoms with van der Waals surface area (Å²) in [5.41, 5.74) is 2.70. The molecular weight excluding hydrogens is 388 g/mol. The van der Waals surface area contributed by atoms with Crippen molar-refractivity contribution in [1.82, 2.24) is 4.90 Å². The number of nitrogens with zero attached hydrogens (tertiary/aromatic N) is 1. The van der Waals surface area contributed by atoms with Gasteiger partial charge in [-0.25, -0.2) is 4.79 Å². The van der Waals surface area contributed by atoms with E-state index in [1.54, 1.807) is 43.4 Å². The number of methoxy groups -OCH3 is 2. The van der Waals surface area contributed by atoms with Crippen molar-refractivity contribution in [2.45, 2.75) is 13.1 Å². The molecule has 0 aliphatic carbocycles. The smallest absolute Gasteiger partial charge is 0.322 e. The molecule has 0 aliphatic heterocycles. The van der Waals surface area contributed by atoms with E-state index in [1.807, 2.05) is 48.5 Å². The first kappa shape index (κ1) is 20.6. The maximum absolute atomic E-state index is 13.0. The zero-order chi connectivity index (χ0) is 20.6. The summed E-state index contributed by atoms with van der Waals surface area (Å²) in [5.74, 6) is 1.56. The van der Waals surface area contributed by atoms with Gasteiger partial charge in [0.05, 0.1) is 14.2 Å². The van der Waals surface area contributed by atoms with Crippen molar-refractivity contribution in [3.05, 3.63) is 88.9 Å². The number of halogens is 1. The average molecular weight is 411 g/mol. The van der Waals surface area contributed by atoms with E-state index in [4.69, 9.17) is 21.1 Å². The van der Waals surface area contributed by atoms with Crippen molar-refractivity contribution in [2.75, 3.05) is 19.5 Å². The van der Waals surface area contributed by atoms with Gasteiger partial charge >= 0.3 is 6.03 Å². The quantitative estimate of drug-likeness (QED) is 0.552. The molecule has 150 valence electrons. The monoisotopic (exact) mass is 410 g/mol. The second-order valence-electron chi connectivity index (χ2n) is 6.49. The van der Waals surface area contributed by atoms with Gasteiger partial charge in [0.15, 0.2) is 0 Å². The van der Waals surface area contributed by atoms with E-state index in [9.17, 15) is 4.79 Å². The van der Waals surface area contributed by atoms with E-state index in [0.29, 0.717) is 23.8 Å². The third-order valence-corrected chi connectivity index (χ3v) is 4.70. The third-order valence-electron chi connectivity index (χ3n) is 4.45. The fourth-order valence-electron chi connectivity index (χ4n) is 2.84. The molecule has 6 heteroatoms. The number of carbonyl (C=O) groups excluding carboxylic acids is 1. The minimum Gasteiger partial charge on any atom is -0.497 e. The molecule has 0 spiro atoms. The highest BCUT2D eigenvalue weighted by Crippen LogP contribution is 2.19. The lowest BCUT2D eigenvalue weighted by atomic mass is 10.1. The lowest BCUT2D eigenvalue weighted by Crippen LogP contribution is -2.34. The van der Waals surface area contributed by atoms with Crippen LogP contribution in [0.5, 0.6) is 11.5 Å². The first-order chi connectivity index (χ1) is 14.1. The lowest BCUT2D eigenvalue weighted by Gasteiger charge is -2.24. The molecule has 3 rings (SSSR count). The highest BCUT2D eigenvalue weighted by atomic mass is 35.5. The number of ether oxygens (including phenoxy) is 2. The zero-order valence-corrected chi connectivity index (χ0v) is 17.1. The maximum atomic E-state index is 13.0. The van der Waals surface area contributed by atoms with Crippen molar-refractivity contribution in [1.29, 1.82) is 0 Å². The Hall–Kier alpha value is -3.18. The van der Waals surface area contributed by atoms with Crippen LogP contribution in [-0.4, -0.2) is 25.2 Å². The summed E-state index contributed by atoms with van der Waals surface area (Å²) >= 11 is 5.93. The molecule has 3 aromatic carbocycles. The summed E-state index contributed by atoms with van der Waals surface area (Å²) in [6.07, 6.45) is 0. The Morgan fingerprint density at radius 1 is 0.793 bits per heavy atom. The molecule has 0 unspecified atom stereocenters. The molecule has 0 radical (unpaired) electrons. The normalized spacial score (nSPS) is 10.3. The molecular formula is C23H23ClN2O3. The number of benzene rings is 3. The Morgan fingerprint density at radius 2 is 1.24 bits per heavy atom. The van der Waals surface area contributed by atoms with Crippen LogP contribution in [0.4, 0.5) is 10.5 Å². The molecule has 0 aliphatic rings. The molecule has 2 amide bonds. The van der Waals surface area contributed by atoms with E-state index < -0.39 is 0 Å².